The lowest BCUT2D eigenvalue weighted by Gasteiger charge is -2.09. The molecule has 0 unspecified atom stereocenters. The smallest absolute Gasteiger partial charge is 0.181 e. The van der Waals surface area contributed by atoms with Crippen molar-refractivity contribution >= 4 is 27.1 Å². The average molecular weight is 310 g/mol. The number of nitrogens with two attached hydrogens (primary N) is 1. The Labute approximate surface area is 124 Å². The molecule has 0 fully saturated rings. The monoisotopic (exact) mass is 309 g/mol. The van der Waals surface area contributed by atoms with E-state index in [0.717, 1.165) is 5.56 Å². The largest absolute Gasteiger partial charge is 0.398 e. The lowest BCUT2D eigenvalue weighted by molar-refractivity contribution is 0.593. The van der Waals surface area contributed by atoms with Gasteiger partial charge in [0.2, 0.25) is 0 Å². The quantitative estimate of drug-likeness (QED) is 0.862. The zero-order chi connectivity index (χ0) is 14.6. The summed E-state index contributed by atoms with van der Waals surface area (Å²) in [4.78, 5) is 0.0507. The van der Waals surface area contributed by atoms with Crippen LogP contribution < -0.4 is 5.73 Å². The first-order valence-corrected chi connectivity index (χ1v) is 8.34. The van der Waals surface area contributed by atoms with Gasteiger partial charge in [0.25, 0.3) is 0 Å². The van der Waals surface area contributed by atoms with Crippen molar-refractivity contribution in [3.63, 3.8) is 0 Å². The Bertz CT molecular complexity index is 664. The van der Waals surface area contributed by atoms with Crippen molar-refractivity contribution in [2.24, 2.45) is 0 Å². The Balaban J connectivity index is 2.09. The predicted octanol–water partition coefficient (Wildman–Crippen LogP) is 3.33. The number of sulfone groups is 1. The van der Waals surface area contributed by atoms with E-state index < -0.39 is 9.84 Å². The first-order chi connectivity index (χ1) is 9.50. The number of anilines is 1. The molecule has 0 aliphatic carbocycles. The minimum atomic E-state index is -3.45. The van der Waals surface area contributed by atoms with E-state index in [1.807, 2.05) is 30.3 Å². The van der Waals surface area contributed by atoms with E-state index in [9.17, 15) is 8.42 Å². The van der Waals surface area contributed by atoms with Crippen molar-refractivity contribution in [1.82, 2.24) is 0 Å². The molecule has 0 saturated carbocycles. The number of halogens is 1. The van der Waals surface area contributed by atoms with Crippen molar-refractivity contribution in [2.75, 3.05) is 11.5 Å². The molecule has 5 heteroatoms. The van der Waals surface area contributed by atoms with Crippen LogP contribution in [0.25, 0.3) is 0 Å². The van der Waals surface area contributed by atoms with Crippen LogP contribution in [0.15, 0.2) is 53.4 Å². The first-order valence-electron chi connectivity index (χ1n) is 6.31. The van der Waals surface area contributed by atoms with Gasteiger partial charge in [-0.05, 0) is 30.5 Å². The molecule has 0 spiro atoms. The predicted molar refractivity (Wildman–Crippen MR) is 82.7 cm³/mol. The summed E-state index contributed by atoms with van der Waals surface area (Å²) in [5, 5.41) is 0.185. The molecule has 0 radical (unpaired) electrons. The zero-order valence-electron chi connectivity index (χ0n) is 10.9. The van der Waals surface area contributed by atoms with Gasteiger partial charge in [0.1, 0.15) is 4.90 Å². The molecule has 20 heavy (non-hydrogen) atoms. The summed E-state index contributed by atoms with van der Waals surface area (Å²) in [6, 6.07) is 14.5. The maximum absolute atomic E-state index is 12.3. The number of benzene rings is 2. The van der Waals surface area contributed by atoms with Crippen LogP contribution in [0, 0.1) is 0 Å². The number of nitrogen functional groups attached to an aromatic ring is 1. The van der Waals surface area contributed by atoms with E-state index >= 15 is 0 Å². The van der Waals surface area contributed by atoms with Gasteiger partial charge in [0.05, 0.1) is 16.5 Å². The minimum Gasteiger partial charge on any atom is -0.398 e. The van der Waals surface area contributed by atoms with Crippen LogP contribution in [-0.4, -0.2) is 14.2 Å². The molecule has 2 aromatic carbocycles. The highest BCUT2D eigenvalue weighted by Gasteiger charge is 2.20. The summed E-state index contributed by atoms with van der Waals surface area (Å²) in [6.45, 7) is 0. The molecule has 3 nitrogen and oxygen atoms in total. The van der Waals surface area contributed by atoms with Crippen molar-refractivity contribution in [3.8, 4) is 0 Å². The van der Waals surface area contributed by atoms with Crippen LogP contribution in [0.2, 0.25) is 5.02 Å². The van der Waals surface area contributed by atoms with E-state index in [4.69, 9.17) is 17.3 Å². The highest BCUT2D eigenvalue weighted by molar-refractivity contribution is 7.91. The number of hydrogen-bond acceptors (Lipinski definition) is 3. The van der Waals surface area contributed by atoms with Crippen molar-refractivity contribution < 1.29 is 8.42 Å². The van der Waals surface area contributed by atoms with E-state index in [1.54, 1.807) is 18.2 Å². The summed E-state index contributed by atoms with van der Waals surface area (Å²) in [6.07, 6.45) is 1.25. The molecule has 0 saturated heterocycles. The third kappa shape index (κ3) is 3.52. The molecule has 0 aliphatic heterocycles. The third-order valence-corrected chi connectivity index (χ3v) is 5.36. The molecule has 0 heterocycles. The molecule has 2 aromatic rings. The Hall–Kier alpha value is -1.52. The standard InChI is InChI=1S/C15H16ClNO2S/c16-13-9-4-10-14(17)15(13)20(18,19)11-5-8-12-6-2-1-3-7-12/h1-4,6-7,9-10H,5,8,11,17H2. The molecule has 0 bridgehead atoms. The minimum absolute atomic E-state index is 0.0375. The maximum Gasteiger partial charge on any atom is 0.181 e. The highest BCUT2D eigenvalue weighted by Crippen LogP contribution is 2.28. The molecule has 0 atom stereocenters. The van der Waals surface area contributed by atoms with Crippen LogP contribution in [0.4, 0.5) is 5.69 Å². The molecular formula is C15H16ClNO2S. The van der Waals surface area contributed by atoms with Crippen molar-refractivity contribution in [1.29, 1.82) is 0 Å². The van der Waals surface area contributed by atoms with Crippen LogP contribution in [0.5, 0.6) is 0 Å². The topological polar surface area (TPSA) is 60.2 Å². The van der Waals surface area contributed by atoms with E-state index in [-0.39, 0.29) is 21.4 Å². The van der Waals surface area contributed by atoms with Gasteiger partial charge in [-0.25, -0.2) is 8.42 Å². The summed E-state index contributed by atoms with van der Waals surface area (Å²) in [7, 11) is -3.45. The van der Waals surface area contributed by atoms with Crippen LogP contribution >= 0.6 is 11.6 Å². The molecule has 2 rings (SSSR count). The summed E-state index contributed by atoms with van der Waals surface area (Å²) < 4.78 is 24.6. The number of rotatable bonds is 5. The second kappa shape index (κ2) is 6.29. The van der Waals surface area contributed by atoms with Crippen LogP contribution in [0.3, 0.4) is 0 Å². The van der Waals surface area contributed by atoms with Crippen molar-refractivity contribution in [3.05, 3.63) is 59.1 Å². The summed E-state index contributed by atoms with van der Waals surface area (Å²) in [5.74, 6) is 0.0375. The Morgan fingerprint density at radius 1 is 1.00 bits per heavy atom. The molecule has 106 valence electrons. The highest BCUT2D eigenvalue weighted by atomic mass is 35.5. The fraction of sp³-hybridized carbons (Fsp3) is 0.200. The third-order valence-electron chi connectivity index (χ3n) is 3.03. The molecular weight excluding hydrogens is 294 g/mol. The molecule has 0 aliphatic rings. The van der Waals surface area contributed by atoms with Crippen LogP contribution in [-0.2, 0) is 16.3 Å². The lowest BCUT2D eigenvalue weighted by atomic mass is 10.1. The molecule has 2 N–H and O–H groups in total. The van der Waals surface area contributed by atoms with E-state index in [2.05, 4.69) is 0 Å². The van der Waals surface area contributed by atoms with Gasteiger partial charge in [0.15, 0.2) is 9.84 Å². The fourth-order valence-corrected chi connectivity index (χ4v) is 4.12. The zero-order valence-corrected chi connectivity index (χ0v) is 12.5. The van der Waals surface area contributed by atoms with Crippen LogP contribution in [0.1, 0.15) is 12.0 Å². The fourth-order valence-electron chi connectivity index (χ4n) is 2.07. The second-order valence-corrected chi connectivity index (χ2v) is 7.02. The summed E-state index contributed by atoms with van der Waals surface area (Å²) in [5.41, 5.74) is 7.05. The Morgan fingerprint density at radius 3 is 2.35 bits per heavy atom. The van der Waals surface area contributed by atoms with Gasteiger partial charge in [-0.2, -0.15) is 0 Å². The maximum atomic E-state index is 12.3. The molecule has 0 amide bonds. The first kappa shape index (κ1) is 14.9. The van der Waals surface area contributed by atoms with E-state index in [0.29, 0.717) is 12.8 Å². The Kier molecular flexibility index (Phi) is 4.68. The lowest BCUT2D eigenvalue weighted by Crippen LogP contribution is -2.11. The number of aryl methyl sites for hydroxylation is 1. The molecule has 0 aromatic heterocycles. The van der Waals surface area contributed by atoms with Gasteiger partial charge >= 0.3 is 0 Å². The summed E-state index contributed by atoms with van der Waals surface area (Å²) >= 11 is 5.95. The Morgan fingerprint density at radius 2 is 1.70 bits per heavy atom. The van der Waals surface area contributed by atoms with E-state index in [1.165, 1.54) is 0 Å². The van der Waals surface area contributed by atoms with Crippen molar-refractivity contribution in [2.45, 2.75) is 17.7 Å². The number of hydrogen-bond donors (Lipinski definition) is 1. The van der Waals surface area contributed by atoms with Gasteiger partial charge < -0.3 is 5.73 Å². The normalized spacial score (nSPS) is 11.4. The SMILES string of the molecule is Nc1cccc(Cl)c1S(=O)(=O)CCCc1ccccc1. The van der Waals surface area contributed by atoms with Gasteiger partial charge in [0, 0.05) is 0 Å². The van der Waals surface area contributed by atoms with Gasteiger partial charge in [-0.3, -0.25) is 0 Å². The average Bonchev–Trinajstić information content (AvgIpc) is 2.39. The van der Waals surface area contributed by atoms with Gasteiger partial charge in [-0.1, -0.05) is 48.0 Å². The van der Waals surface area contributed by atoms with Gasteiger partial charge in [-0.15, -0.1) is 0 Å². The second-order valence-electron chi connectivity index (χ2n) is 4.57.